The molecule has 96 valence electrons. The van der Waals surface area contributed by atoms with Gasteiger partial charge in [0.2, 0.25) is 0 Å². The minimum Gasteiger partial charge on any atom is -0.502 e. The zero-order chi connectivity index (χ0) is 13.4. The van der Waals surface area contributed by atoms with Gasteiger partial charge in [-0.15, -0.1) is 13.2 Å². The molecule has 11 heteroatoms. The maximum Gasteiger partial charge on any atom is 0.574 e. The first kappa shape index (κ1) is 14.3. The van der Waals surface area contributed by atoms with Crippen molar-refractivity contribution in [3.63, 3.8) is 0 Å². The highest BCUT2D eigenvalue weighted by atomic mass is 79.9. The SMILES string of the molecule is O=S(=O)(Cl)c1cc(Br)c(O)c(OC(F)(F)F)n1. The fraction of sp³-hybridized carbons (Fsp3) is 0.167. The summed E-state index contributed by atoms with van der Waals surface area (Å²) >= 11 is 2.64. The summed E-state index contributed by atoms with van der Waals surface area (Å²) in [6.45, 7) is 0. The van der Waals surface area contributed by atoms with Crippen LogP contribution in [-0.2, 0) is 9.05 Å². The van der Waals surface area contributed by atoms with Gasteiger partial charge in [-0.2, -0.15) is 4.98 Å². The summed E-state index contributed by atoms with van der Waals surface area (Å²) in [5.74, 6) is -2.31. The predicted octanol–water partition coefficient (Wildman–Crippen LogP) is 2.38. The fourth-order valence-corrected chi connectivity index (χ4v) is 2.00. The van der Waals surface area contributed by atoms with Crippen LogP contribution in [0.2, 0.25) is 0 Å². The molecule has 0 amide bonds. The molecule has 0 bridgehead atoms. The van der Waals surface area contributed by atoms with Gasteiger partial charge in [0.25, 0.3) is 14.9 Å². The molecule has 0 aliphatic rings. The van der Waals surface area contributed by atoms with Gasteiger partial charge in [0.05, 0.1) is 4.47 Å². The minimum atomic E-state index is -5.13. The molecule has 5 nitrogen and oxygen atoms in total. The summed E-state index contributed by atoms with van der Waals surface area (Å²) in [6.07, 6.45) is -5.13. The summed E-state index contributed by atoms with van der Waals surface area (Å²) < 4.78 is 60.5. The van der Waals surface area contributed by atoms with E-state index in [1.165, 1.54) is 0 Å². The molecule has 0 aliphatic heterocycles. The van der Waals surface area contributed by atoms with Crippen molar-refractivity contribution < 1.29 is 31.4 Å². The summed E-state index contributed by atoms with van der Waals surface area (Å²) in [6, 6.07) is 0.737. The molecule has 0 radical (unpaired) electrons. The van der Waals surface area contributed by atoms with Crippen LogP contribution in [0.3, 0.4) is 0 Å². The Bertz CT molecular complexity index is 547. The van der Waals surface area contributed by atoms with E-state index >= 15 is 0 Å². The van der Waals surface area contributed by atoms with Crippen LogP contribution in [0.5, 0.6) is 11.6 Å². The van der Waals surface area contributed by atoms with E-state index < -0.39 is 32.1 Å². The monoisotopic (exact) mass is 355 g/mol. The number of halogens is 5. The van der Waals surface area contributed by atoms with E-state index in [-0.39, 0.29) is 4.47 Å². The topological polar surface area (TPSA) is 76.5 Å². The maximum absolute atomic E-state index is 11.9. The molecular formula is C6H2BrClF3NO4S. The van der Waals surface area contributed by atoms with Crippen LogP contribution < -0.4 is 4.74 Å². The molecule has 0 unspecified atom stereocenters. The third kappa shape index (κ3) is 3.89. The van der Waals surface area contributed by atoms with E-state index in [0.29, 0.717) is 0 Å². The number of nitrogens with zero attached hydrogens (tertiary/aromatic N) is 1. The second-order valence-electron chi connectivity index (χ2n) is 2.58. The van der Waals surface area contributed by atoms with Crippen molar-refractivity contribution in [1.82, 2.24) is 4.98 Å². The zero-order valence-corrected chi connectivity index (χ0v) is 10.7. The van der Waals surface area contributed by atoms with Crippen molar-refractivity contribution in [2.75, 3.05) is 0 Å². The largest absolute Gasteiger partial charge is 0.574 e. The molecule has 1 aromatic rings. The minimum absolute atomic E-state index is 0.356. The Morgan fingerprint density at radius 1 is 1.47 bits per heavy atom. The molecule has 17 heavy (non-hydrogen) atoms. The van der Waals surface area contributed by atoms with Gasteiger partial charge in [-0.25, -0.2) is 8.42 Å². The Morgan fingerprint density at radius 3 is 2.41 bits per heavy atom. The number of ether oxygens (including phenoxy) is 1. The number of rotatable bonds is 2. The first-order valence-corrected chi connectivity index (χ1v) is 6.71. The molecule has 0 fully saturated rings. The fourth-order valence-electron chi connectivity index (χ4n) is 0.770. The van der Waals surface area contributed by atoms with Crippen LogP contribution >= 0.6 is 26.6 Å². The van der Waals surface area contributed by atoms with Crippen LogP contribution in [0.15, 0.2) is 15.6 Å². The highest BCUT2D eigenvalue weighted by molar-refractivity contribution is 9.10. The lowest BCUT2D eigenvalue weighted by atomic mass is 10.4. The van der Waals surface area contributed by atoms with E-state index in [0.717, 1.165) is 6.07 Å². The van der Waals surface area contributed by atoms with Gasteiger partial charge in [-0.05, 0) is 22.0 Å². The standard InChI is InChI=1S/C6H2BrClF3NO4S/c7-2-1-3(17(8,14)15)12-5(4(2)13)16-6(9,10)11/h1,13H. The summed E-state index contributed by atoms with van der Waals surface area (Å²) in [4.78, 5) is 2.95. The van der Waals surface area contributed by atoms with E-state index in [9.17, 15) is 26.7 Å². The highest BCUT2D eigenvalue weighted by Gasteiger charge is 2.34. The molecular weight excluding hydrogens is 354 g/mol. The zero-order valence-electron chi connectivity index (χ0n) is 7.49. The summed E-state index contributed by atoms with van der Waals surface area (Å²) in [5, 5.41) is 8.29. The third-order valence-electron chi connectivity index (χ3n) is 1.35. The average molecular weight is 357 g/mol. The first-order chi connectivity index (χ1) is 7.50. The molecule has 1 aromatic heterocycles. The lowest BCUT2D eigenvalue weighted by Gasteiger charge is -2.10. The Labute approximate surface area is 106 Å². The molecule has 1 rings (SSSR count). The van der Waals surface area contributed by atoms with E-state index in [4.69, 9.17) is 10.7 Å². The van der Waals surface area contributed by atoms with Gasteiger partial charge in [0.1, 0.15) is 0 Å². The molecule has 0 atom stereocenters. The molecule has 0 spiro atoms. The Balaban J connectivity index is 3.36. The normalized spacial score (nSPS) is 12.5. The van der Waals surface area contributed by atoms with Crippen LogP contribution in [0, 0.1) is 0 Å². The number of alkyl halides is 3. The van der Waals surface area contributed by atoms with Gasteiger partial charge >= 0.3 is 6.36 Å². The molecule has 0 saturated carbocycles. The quantitative estimate of drug-likeness (QED) is 0.823. The van der Waals surface area contributed by atoms with Crippen molar-refractivity contribution in [3.8, 4) is 11.6 Å². The number of aromatic nitrogens is 1. The van der Waals surface area contributed by atoms with Crippen LogP contribution in [-0.4, -0.2) is 24.9 Å². The first-order valence-electron chi connectivity index (χ1n) is 3.60. The van der Waals surface area contributed by atoms with Crippen molar-refractivity contribution in [1.29, 1.82) is 0 Å². The molecule has 0 aromatic carbocycles. The third-order valence-corrected chi connectivity index (χ3v) is 3.14. The van der Waals surface area contributed by atoms with Crippen molar-refractivity contribution in [2.24, 2.45) is 0 Å². The number of hydrogen-bond acceptors (Lipinski definition) is 5. The lowest BCUT2D eigenvalue weighted by Crippen LogP contribution is -2.18. The van der Waals surface area contributed by atoms with Gasteiger partial charge < -0.3 is 9.84 Å². The summed E-state index contributed by atoms with van der Waals surface area (Å²) in [5.41, 5.74) is 0. The second kappa shape index (κ2) is 4.50. The van der Waals surface area contributed by atoms with E-state index in [2.05, 4.69) is 25.7 Å². The van der Waals surface area contributed by atoms with Crippen molar-refractivity contribution in [3.05, 3.63) is 10.5 Å². The number of pyridine rings is 1. The average Bonchev–Trinajstić information content (AvgIpc) is 2.08. The van der Waals surface area contributed by atoms with E-state index in [1.54, 1.807) is 0 Å². The van der Waals surface area contributed by atoms with Crippen LogP contribution in [0.4, 0.5) is 13.2 Å². The van der Waals surface area contributed by atoms with Gasteiger partial charge in [-0.1, -0.05) is 0 Å². The summed E-state index contributed by atoms with van der Waals surface area (Å²) in [7, 11) is 0.549. The Kier molecular flexibility index (Phi) is 3.79. The Morgan fingerprint density at radius 2 is 2.00 bits per heavy atom. The molecule has 0 saturated heterocycles. The molecule has 1 heterocycles. The van der Waals surface area contributed by atoms with Crippen molar-refractivity contribution in [2.45, 2.75) is 11.4 Å². The Hall–Kier alpha value is -0.740. The molecule has 0 aliphatic carbocycles. The second-order valence-corrected chi connectivity index (χ2v) is 5.95. The van der Waals surface area contributed by atoms with Gasteiger partial charge in [-0.3, -0.25) is 0 Å². The van der Waals surface area contributed by atoms with Crippen LogP contribution in [0.1, 0.15) is 0 Å². The number of hydrogen-bond donors (Lipinski definition) is 1. The lowest BCUT2D eigenvalue weighted by molar-refractivity contribution is -0.276. The van der Waals surface area contributed by atoms with Crippen molar-refractivity contribution >= 4 is 35.7 Å². The maximum atomic E-state index is 11.9. The predicted molar refractivity (Wildman–Crippen MR) is 53.3 cm³/mol. The van der Waals surface area contributed by atoms with Gasteiger partial charge in [0, 0.05) is 10.7 Å². The van der Waals surface area contributed by atoms with Gasteiger partial charge in [0.15, 0.2) is 10.8 Å². The highest BCUT2D eigenvalue weighted by Crippen LogP contribution is 2.37. The van der Waals surface area contributed by atoms with E-state index in [1.807, 2.05) is 0 Å². The van der Waals surface area contributed by atoms with Crippen LogP contribution in [0.25, 0.3) is 0 Å². The smallest absolute Gasteiger partial charge is 0.502 e. The number of aromatic hydroxyl groups is 1. The molecule has 1 N–H and O–H groups in total.